The predicted molar refractivity (Wildman–Crippen MR) is 80.2 cm³/mol. The Hall–Kier alpha value is -0.860. The summed E-state index contributed by atoms with van der Waals surface area (Å²) in [6.07, 6.45) is 5.35. The standard InChI is InChI=1S/C17H27NO/c1-12-9-14(3)15(10-13(12)2)16(19)17(11-18)7-5-4-6-8-17/h9-10,16,19H,4-8,11,18H2,1-3H3. The summed E-state index contributed by atoms with van der Waals surface area (Å²) in [4.78, 5) is 0. The van der Waals surface area contributed by atoms with Gasteiger partial charge in [0.05, 0.1) is 6.10 Å². The monoisotopic (exact) mass is 261 g/mol. The van der Waals surface area contributed by atoms with Crippen molar-refractivity contribution in [3.63, 3.8) is 0 Å². The Morgan fingerprint density at radius 1 is 1.05 bits per heavy atom. The highest BCUT2D eigenvalue weighted by Gasteiger charge is 2.39. The van der Waals surface area contributed by atoms with E-state index in [-0.39, 0.29) is 5.41 Å². The maximum Gasteiger partial charge on any atom is 0.0860 e. The van der Waals surface area contributed by atoms with E-state index in [1.54, 1.807) is 0 Å². The van der Waals surface area contributed by atoms with E-state index in [1.807, 2.05) is 0 Å². The van der Waals surface area contributed by atoms with Crippen LogP contribution < -0.4 is 5.73 Å². The Labute approximate surface area is 117 Å². The molecule has 1 aromatic rings. The van der Waals surface area contributed by atoms with Crippen molar-refractivity contribution in [2.45, 2.75) is 59.0 Å². The molecule has 0 amide bonds. The highest BCUT2D eigenvalue weighted by atomic mass is 16.3. The lowest BCUT2D eigenvalue weighted by atomic mass is 9.68. The number of aliphatic hydroxyl groups is 1. The van der Waals surface area contributed by atoms with Gasteiger partial charge in [0.15, 0.2) is 0 Å². The summed E-state index contributed by atoms with van der Waals surface area (Å²) in [6, 6.07) is 4.34. The Bertz CT molecular complexity index is 447. The van der Waals surface area contributed by atoms with Crippen LogP contribution in [-0.2, 0) is 0 Å². The summed E-state index contributed by atoms with van der Waals surface area (Å²) < 4.78 is 0. The van der Waals surface area contributed by atoms with Crippen LogP contribution in [0.2, 0.25) is 0 Å². The SMILES string of the molecule is Cc1cc(C)c(C(O)C2(CN)CCCCC2)cc1C. The molecule has 1 aliphatic carbocycles. The molecule has 2 heteroatoms. The van der Waals surface area contributed by atoms with Crippen LogP contribution in [0.1, 0.15) is 60.5 Å². The molecule has 1 atom stereocenters. The first kappa shape index (κ1) is 14.5. The summed E-state index contributed by atoms with van der Waals surface area (Å²) in [5.74, 6) is 0. The van der Waals surface area contributed by atoms with Crippen molar-refractivity contribution in [1.82, 2.24) is 0 Å². The smallest absolute Gasteiger partial charge is 0.0860 e. The second-order valence-corrected chi connectivity index (χ2v) is 6.32. The lowest BCUT2D eigenvalue weighted by molar-refractivity contribution is 0.000263. The van der Waals surface area contributed by atoms with Crippen LogP contribution in [0.15, 0.2) is 12.1 Å². The highest BCUT2D eigenvalue weighted by Crippen LogP contribution is 2.46. The Balaban J connectivity index is 2.37. The van der Waals surface area contributed by atoms with E-state index >= 15 is 0 Å². The van der Waals surface area contributed by atoms with Crippen molar-refractivity contribution in [1.29, 1.82) is 0 Å². The van der Waals surface area contributed by atoms with E-state index in [0.717, 1.165) is 18.4 Å². The van der Waals surface area contributed by atoms with Crippen LogP contribution in [0, 0.1) is 26.2 Å². The van der Waals surface area contributed by atoms with Crippen molar-refractivity contribution in [2.75, 3.05) is 6.54 Å². The minimum atomic E-state index is -0.419. The van der Waals surface area contributed by atoms with Crippen LogP contribution in [-0.4, -0.2) is 11.7 Å². The van der Waals surface area contributed by atoms with Crippen molar-refractivity contribution in [3.05, 3.63) is 34.4 Å². The summed E-state index contributed by atoms with van der Waals surface area (Å²) in [7, 11) is 0. The quantitative estimate of drug-likeness (QED) is 0.874. The number of hydrogen-bond acceptors (Lipinski definition) is 2. The molecule has 0 bridgehead atoms. The van der Waals surface area contributed by atoms with Crippen LogP contribution in [0.3, 0.4) is 0 Å². The zero-order chi connectivity index (χ0) is 14.0. The lowest BCUT2D eigenvalue weighted by Gasteiger charge is -2.41. The number of hydrogen-bond donors (Lipinski definition) is 2. The highest BCUT2D eigenvalue weighted by molar-refractivity contribution is 5.38. The van der Waals surface area contributed by atoms with Crippen LogP contribution in [0.5, 0.6) is 0 Å². The Kier molecular flexibility index (Phi) is 4.32. The summed E-state index contributed by atoms with van der Waals surface area (Å²) in [6.45, 7) is 6.91. The predicted octanol–water partition coefficient (Wildman–Crippen LogP) is 3.55. The molecule has 1 saturated carbocycles. The van der Waals surface area contributed by atoms with Gasteiger partial charge in [0.2, 0.25) is 0 Å². The molecule has 1 fully saturated rings. The van der Waals surface area contributed by atoms with Crippen molar-refractivity contribution >= 4 is 0 Å². The molecule has 0 heterocycles. The van der Waals surface area contributed by atoms with E-state index in [4.69, 9.17) is 5.73 Å². The summed E-state index contributed by atoms with van der Waals surface area (Å²) in [5, 5.41) is 10.9. The average molecular weight is 261 g/mol. The van der Waals surface area contributed by atoms with E-state index < -0.39 is 6.10 Å². The van der Waals surface area contributed by atoms with Gasteiger partial charge in [-0.15, -0.1) is 0 Å². The number of benzene rings is 1. The van der Waals surface area contributed by atoms with Gasteiger partial charge in [0.1, 0.15) is 0 Å². The Morgan fingerprint density at radius 2 is 1.63 bits per heavy atom. The molecule has 1 aliphatic rings. The van der Waals surface area contributed by atoms with Crippen LogP contribution >= 0.6 is 0 Å². The van der Waals surface area contributed by atoms with Gasteiger partial charge in [-0.3, -0.25) is 0 Å². The first-order chi connectivity index (χ1) is 9.00. The van der Waals surface area contributed by atoms with Gasteiger partial charge in [0.25, 0.3) is 0 Å². The van der Waals surface area contributed by atoms with Crippen molar-refractivity contribution in [2.24, 2.45) is 11.1 Å². The lowest BCUT2D eigenvalue weighted by Crippen LogP contribution is -2.39. The fourth-order valence-electron chi connectivity index (χ4n) is 3.45. The molecular weight excluding hydrogens is 234 g/mol. The largest absolute Gasteiger partial charge is 0.388 e. The average Bonchev–Trinajstić information content (AvgIpc) is 2.43. The summed E-state index contributed by atoms with van der Waals surface area (Å²) >= 11 is 0. The number of nitrogens with two attached hydrogens (primary N) is 1. The molecule has 0 aromatic heterocycles. The molecule has 0 saturated heterocycles. The molecule has 0 spiro atoms. The third kappa shape index (κ3) is 2.70. The fraction of sp³-hybridized carbons (Fsp3) is 0.647. The topological polar surface area (TPSA) is 46.2 Å². The van der Waals surface area contributed by atoms with Gasteiger partial charge in [0, 0.05) is 12.0 Å². The zero-order valence-corrected chi connectivity index (χ0v) is 12.5. The molecule has 1 unspecified atom stereocenters. The van der Waals surface area contributed by atoms with Crippen LogP contribution in [0.25, 0.3) is 0 Å². The van der Waals surface area contributed by atoms with Gasteiger partial charge in [-0.1, -0.05) is 31.4 Å². The summed E-state index contributed by atoms with van der Waals surface area (Å²) in [5.41, 5.74) is 10.7. The molecule has 2 nitrogen and oxygen atoms in total. The number of aliphatic hydroxyl groups excluding tert-OH is 1. The molecule has 3 N–H and O–H groups in total. The third-order valence-electron chi connectivity index (χ3n) is 5.01. The molecule has 19 heavy (non-hydrogen) atoms. The third-order valence-corrected chi connectivity index (χ3v) is 5.01. The normalized spacial score (nSPS) is 20.3. The van der Waals surface area contributed by atoms with Gasteiger partial charge in [-0.25, -0.2) is 0 Å². The Morgan fingerprint density at radius 3 is 2.21 bits per heavy atom. The molecule has 1 aromatic carbocycles. The second-order valence-electron chi connectivity index (χ2n) is 6.32. The van der Waals surface area contributed by atoms with Gasteiger partial charge >= 0.3 is 0 Å². The number of aryl methyl sites for hydroxylation is 3. The van der Waals surface area contributed by atoms with E-state index in [2.05, 4.69) is 32.9 Å². The first-order valence-corrected chi connectivity index (χ1v) is 7.46. The zero-order valence-electron chi connectivity index (χ0n) is 12.5. The number of rotatable bonds is 3. The maximum absolute atomic E-state index is 10.9. The van der Waals surface area contributed by atoms with E-state index in [9.17, 15) is 5.11 Å². The first-order valence-electron chi connectivity index (χ1n) is 7.46. The molecule has 0 aliphatic heterocycles. The maximum atomic E-state index is 10.9. The molecular formula is C17H27NO. The van der Waals surface area contributed by atoms with Gasteiger partial charge < -0.3 is 10.8 Å². The molecule has 0 radical (unpaired) electrons. The minimum absolute atomic E-state index is 0.106. The van der Waals surface area contributed by atoms with Gasteiger partial charge in [-0.2, -0.15) is 0 Å². The van der Waals surface area contributed by atoms with E-state index in [1.165, 1.54) is 36.0 Å². The fourth-order valence-corrected chi connectivity index (χ4v) is 3.45. The molecule has 2 rings (SSSR count). The molecule has 106 valence electrons. The van der Waals surface area contributed by atoms with Crippen LogP contribution in [0.4, 0.5) is 0 Å². The van der Waals surface area contributed by atoms with Crippen molar-refractivity contribution in [3.8, 4) is 0 Å². The van der Waals surface area contributed by atoms with Gasteiger partial charge in [-0.05, 0) is 55.9 Å². The van der Waals surface area contributed by atoms with Crippen molar-refractivity contribution < 1.29 is 5.11 Å². The second kappa shape index (κ2) is 5.64. The van der Waals surface area contributed by atoms with E-state index in [0.29, 0.717) is 6.54 Å². The minimum Gasteiger partial charge on any atom is -0.388 e.